The maximum atomic E-state index is 14.2. The predicted octanol–water partition coefficient (Wildman–Crippen LogP) is 13.4. The number of carbonyl (C=O) groups excluding carboxylic acids is 2. The number of ketones is 1. The summed E-state index contributed by atoms with van der Waals surface area (Å²) in [5, 5.41) is 0. The summed E-state index contributed by atoms with van der Waals surface area (Å²) < 4.78 is 348. The minimum Gasteiger partial charge on any atom is -0.456 e. The van der Waals surface area contributed by atoms with E-state index in [0.717, 1.165) is 0 Å². The van der Waals surface area contributed by atoms with Crippen molar-refractivity contribution in [3.8, 4) is 0 Å². The molecule has 6 aromatic rings. The number of ether oxygens (including phenoxy) is 1. The third-order valence-electron chi connectivity index (χ3n) is 11.3. The van der Waals surface area contributed by atoms with Gasteiger partial charge in [0.25, 0.3) is 0 Å². The fourth-order valence-corrected chi connectivity index (χ4v) is 7.91. The average molecular weight is 1160 g/mol. The lowest BCUT2D eigenvalue weighted by Crippen LogP contribution is -2.75. The molecule has 426 valence electrons. The van der Waals surface area contributed by atoms with Gasteiger partial charge in [0, 0.05) is 5.56 Å². The van der Waals surface area contributed by atoms with Crippen LogP contribution in [0, 0.1) is 0 Å². The van der Waals surface area contributed by atoms with Crippen LogP contribution in [-0.4, -0.2) is 28.5 Å². The first-order valence-corrected chi connectivity index (χ1v) is 21.6. The fourth-order valence-electron chi connectivity index (χ4n) is 7.91. The van der Waals surface area contributed by atoms with Gasteiger partial charge in [-0.25, -0.2) is 4.79 Å². The summed E-state index contributed by atoms with van der Waals surface area (Å²) in [6, 6.07) is -2.31. The lowest BCUT2D eigenvalue weighted by molar-refractivity contribution is -0.683. The number of carbonyl (C=O) groups is 2. The number of benzene rings is 5. The van der Waals surface area contributed by atoms with Crippen LogP contribution in [0.5, 0.6) is 0 Å². The van der Waals surface area contributed by atoms with Gasteiger partial charge in [-0.15, -0.1) is 0 Å². The van der Waals surface area contributed by atoms with Crippen LogP contribution in [0.1, 0.15) is 86.0 Å². The van der Waals surface area contributed by atoms with Gasteiger partial charge in [0.05, 0.1) is 62.5 Å². The van der Waals surface area contributed by atoms with E-state index in [1.54, 1.807) is 53.6 Å². The van der Waals surface area contributed by atoms with Crippen molar-refractivity contribution in [1.29, 1.82) is 0 Å². The summed E-state index contributed by atoms with van der Waals surface area (Å²) in [5.74, 6) is -0.429. The molecule has 0 aliphatic rings. The molecule has 6 rings (SSSR count). The minimum atomic E-state index is -6.13. The zero-order valence-electron chi connectivity index (χ0n) is 39.5. The number of esters is 1. The van der Waals surface area contributed by atoms with Crippen LogP contribution in [0.15, 0.2) is 122 Å². The number of nitrogens with zero attached hydrogens (tertiary/aromatic N) is 2. The molecule has 1 aromatic heterocycles. The van der Waals surface area contributed by atoms with Crippen LogP contribution in [-0.2, 0) is 60.7 Å². The van der Waals surface area contributed by atoms with E-state index in [4.69, 9.17) is 4.74 Å². The lowest BCUT2D eigenvalue weighted by atomic mass is 9.12. The predicted molar refractivity (Wildman–Crippen MR) is 230 cm³/mol. The number of aromatic nitrogens is 2. The Bertz CT molecular complexity index is 2740. The first-order valence-electron chi connectivity index (χ1n) is 21.6. The molecule has 0 amide bonds. The maximum absolute atomic E-state index is 14.2. The van der Waals surface area contributed by atoms with Crippen molar-refractivity contribution in [2.75, 3.05) is 0 Å². The van der Waals surface area contributed by atoms with Gasteiger partial charge >= 0.3 is 55.4 Å². The molecule has 0 bridgehead atoms. The number of Topliss-reactive ketones (excluding diaryl/α,β-unsaturated/α-hetero) is 1. The Morgan fingerprint density at radius 1 is 0.392 bits per heavy atom. The molecular formula is C49H31BF24N2O3. The van der Waals surface area contributed by atoms with Crippen LogP contribution in [0.2, 0.25) is 0 Å². The molecule has 30 heteroatoms. The van der Waals surface area contributed by atoms with Crippen molar-refractivity contribution in [3.05, 3.63) is 177 Å². The van der Waals surface area contributed by atoms with Crippen LogP contribution >= 0.6 is 0 Å². The number of alkyl halides is 24. The first kappa shape index (κ1) is 62.5. The molecule has 0 radical (unpaired) electrons. The number of halogens is 24. The van der Waals surface area contributed by atoms with E-state index in [0.29, 0.717) is 11.1 Å². The molecule has 0 aliphatic carbocycles. The van der Waals surface area contributed by atoms with Crippen molar-refractivity contribution in [2.45, 2.75) is 82.3 Å². The van der Waals surface area contributed by atoms with Gasteiger partial charge in [0.15, 0.2) is 12.4 Å². The van der Waals surface area contributed by atoms with Crippen molar-refractivity contribution in [1.82, 2.24) is 4.98 Å². The van der Waals surface area contributed by atoms with Gasteiger partial charge in [-0.05, 0) is 57.2 Å². The highest BCUT2D eigenvalue weighted by Gasteiger charge is 2.47. The van der Waals surface area contributed by atoms with Crippen molar-refractivity contribution in [3.63, 3.8) is 0 Å². The highest BCUT2D eigenvalue weighted by atomic mass is 19.4. The standard InChI is InChI=1S/C32H12BF24.C17H19N2O3/c34-25(35,36)13-1-14(26(37,38)39)6-21(5-13)33(22-7-15(27(40,41)42)2-16(8-22)28(43,44)45,23-9-17(29(46,47)48)3-18(10-23)30(49,50)51)24-11-19(31(52,53)54)4-20(12-24)32(55,56)57;1-17(2,3)22-16(21)14-6-4-13(5-7-14)15(20)12-19-10-8-18-9-11-19/h1-12H;4-11H,12H2,1-3H3/q-1;+1. The lowest BCUT2D eigenvalue weighted by Gasteiger charge is -2.46. The topological polar surface area (TPSA) is 60.1 Å². The van der Waals surface area contributed by atoms with Crippen LogP contribution < -0.4 is 26.4 Å². The quantitative estimate of drug-likeness (QED) is 0.0501. The number of hydrogen-bond donors (Lipinski definition) is 0. The van der Waals surface area contributed by atoms with E-state index >= 15 is 0 Å². The second kappa shape index (κ2) is 21.4. The largest absolute Gasteiger partial charge is 0.456 e. The monoisotopic (exact) mass is 1160 g/mol. The average Bonchev–Trinajstić information content (AvgIpc) is 3.36. The molecule has 5 aromatic carbocycles. The van der Waals surface area contributed by atoms with E-state index in [1.165, 1.54) is 0 Å². The van der Waals surface area contributed by atoms with Crippen LogP contribution in [0.3, 0.4) is 0 Å². The van der Waals surface area contributed by atoms with Crippen molar-refractivity contribution in [2.24, 2.45) is 0 Å². The Morgan fingerprint density at radius 2 is 0.620 bits per heavy atom. The van der Waals surface area contributed by atoms with Crippen LogP contribution in [0.4, 0.5) is 105 Å². The summed E-state index contributed by atoms with van der Waals surface area (Å²) in [4.78, 5) is 28.0. The molecule has 0 fully saturated rings. The zero-order valence-corrected chi connectivity index (χ0v) is 39.5. The molecular weight excluding hydrogens is 1130 g/mol. The molecule has 0 N–H and O–H groups in total. The molecule has 0 spiro atoms. The molecule has 0 saturated carbocycles. The molecule has 0 aliphatic heterocycles. The van der Waals surface area contributed by atoms with E-state index < -0.39 is 206 Å². The SMILES string of the molecule is CC(C)(C)OC(=O)c1ccc(C(=O)C[n+]2ccncc2)cc1.FC(F)(F)c1cc([B-](c2cc(C(F)(F)F)cc(C(F)(F)F)c2)(c2cc(C(F)(F)F)cc(C(F)(F)F)c2)c2cc(C(F)(F)F)cc(C(F)(F)F)c2)cc(C(F)(F)F)c1. The minimum absolute atomic E-state index is 0.0352. The molecule has 0 saturated heterocycles. The van der Waals surface area contributed by atoms with Gasteiger partial charge in [-0.2, -0.15) is 132 Å². The Hall–Kier alpha value is -7.30. The molecule has 0 atom stereocenters. The molecule has 5 nitrogen and oxygen atoms in total. The Labute approximate surface area is 428 Å². The van der Waals surface area contributed by atoms with Gasteiger partial charge in [0.1, 0.15) is 11.7 Å². The summed E-state index contributed by atoms with van der Waals surface area (Å²) in [7, 11) is 0. The maximum Gasteiger partial charge on any atom is 0.416 e. The molecule has 0 unspecified atom stereocenters. The van der Waals surface area contributed by atoms with Crippen LogP contribution in [0.25, 0.3) is 0 Å². The Morgan fingerprint density at radius 3 is 0.835 bits per heavy atom. The number of hydrogen-bond acceptors (Lipinski definition) is 4. The second-order valence-electron chi connectivity index (χ2n) is 18.1. The smallest absolute Gasteiger partial charge is 0.416 e. The second-order valence-corrected chi connectivity index (χ2v) is 18.1. The van der Waals surface area contributed by atoms with Gasteiger partial charge in [-0.1, -0.05) is 60.7 Å². The summed E-state index contributed by atoms with van der Waals surface area (Å²) in [6.07, 6.45) is -48.1. The van der Waals surface area contributed by atoms with Gasteiger partial charge < -0.3 is 4.74 Å². The normalized spacial score (nSPS) is 13.4. The van der Waals surface area contributed by atoms with Gasteiger partial charge in [-0.3, -0.25) is 9.78 Å². The third kappa shape index (κ3) is 15.3. The molecule has 1 heterocycles. The Kier molecular flexibility index (Phi) is 16.9. The van der Waals surface area contributed by atoms with Crippen molar-refractivity contribution < 1.29 is 124 Å². The third-order valence-corrected chi connectivity index (χ3v) is 11.3. The Balaban J connectivity index is 0.000000433. The highest BCUT2D eigenvalue weighted by Crippen LogP contribution is 2.41. The van der Waals surface area contributed by atoms with E-state index in [-0.39, 0.29) is 12.3 Å². The van der Waals surface area contributed by atoms with E-state index in [9.17, 15) is 115 Å². The first-order chi connectivity index (χ1) is 35.6. The summed E-state index contributed by atoms with van der Waals surface area (Å²) in [5.41, 5.74) is -29.8. The fraction of sp³-hybridized carbons (Fsp3) is 0.265. The van der Waals surface area contributed by atoms with Gasteiger partial charge in [0.2, 0.25) is 12.3 Å². The summed E-state index contributed by atoms with van der Waals surface area (Å²) in [6.45, 7) is 5.67. The summed E-state index contributed by atoms with van der Waals surface area (Å²) >= 11 is 0. The molecule has 79 heavy (non-hydrogen) atoms. The highest BCUT2D eigenvalue weighted by molar-refractivity contribution is 7.20. The number of rotatable bonds is 8. The van der Waals surface area contributed by atoms with Crippen molar-refractivity contribution >= 4 is 39.7 Å². The van der Waals surface area contributed by atoms with E-state index in [1.807, 2.05) is 20.8 Å². The van der Waals surface area contributed by atoms with E-state index in [2.05, 4.69) is 4.98 Å². The zero-order chi connectivity index (χ0) is 60.1.